The number of sulfonamides is 1. The standard InChI is InChI=1S/C14H23N3O3S/c1-8(2)16-14(18)11(5)17-21(19,20)13-9(3)6-7-12(15)10(13)4/h6-8,11,17H,15H2,1-5H3,(H,16,18). The zero-order valence-electron chi connectivity index (χ0n) is 13.0. The van der Waals surface area contributed by atoms with E-state index in [4.69, 9.17) is 5.73 Å². The fourth-order valence-electron chi connectivity index (χ4n) is 2.01. The average molecular weight is 313 g/mol. The number of hydrogen-bond acceptors (Lipinski definition) is 4. The van der Waals surface area contributed by atoms with E-state index < -0.39 is 16.1 Å². The lowest BCUT2D eigenvalue weighted by atomic mass is 10.1. The molecule has 4 N–H and O–H groups in total. The number of carbonyl (C=O) groups is 1. The highest BCUT2D eigenvalue weighted by molar-refractivity contribution is 7.89. The third kappa shape index (κ3) is 4.18. The van der Waals surface area contributed by atoms with E-state index in [2.05, 4.69) is 10.0 Å². The van der Waals surface area contributed by atoms with Crippen LogP contribution in [0.25, 0.3) is 0 Å². The van der Waals surface area contributed by atoms with E-state index in [0.29, 0.717) is 16.8 Å². The molecule has 0 fully saturated rings. The van der Waals surface area contributed by atoms with Crippen LogP contribution in [0.3, 0.4) is 0 Å². The molecule has 0 aliphatic heterocycles. The Morgan fingerprint density at radius 3 is 2.29 bits per heavy atom. The molecule has 1 aromatic rings. The molecule has 1 rings (SSSR count). The summed E-state index contributed by atoms with van der Waals surface area (Å²) in [5.74, 6) is -0.368. The van der Waals surface area contributed by atoms with E-state index in [9.17, 15) is 13.2 Å². The molecule has 21 heavy (non-hydrogen) atoms. The van der Waals surface area contributed by atoms with Gasteiger partial charge in [0.05, 0.1) is 10.9 Å². The van der Waals surface area contributed by atoms with Crippen LogP contribution in [-0.4, -0.2) is 26.4 Å². The molecule has 118 valence electrons. The fourth-order valence-corrected chi connectivity index (χ4v) is 3.71. The Morgan fingerprint density at radius 2 is 1.76 bits per heavy atom. The fraction of sp³-hybridized carbons (Fsp3) is 0.500. The molecule has 0 saturated carbocycles. The quantitative estimate of drug-likeness (QED) is 0.708. The Balaban J connectivity index is 3.08. The van der Waals surface area contributed by atoms with E-state index in [0.717, 1.165) is 0 Å². The minimum atomic E-state index is -3.82. The van der Waals surface area contributed by atoms with Crippen molar-refractivity contribution in [2.75, 3.05) is 5.73 Å². The maximum Gasteiger partial charge on any atom is 0.241 e. The molecule has 0 aromatic heterocycles. The molecule has 1 aromatic carbocycles. The Labute approximate surface area is 126 Å². The predicted molar refractivity (Wildman–Crippen MR) is 83.4 cm³/mol. The van der Waals surface area contributed by atoms with Crippen LogP contribution in [0.1, 0.15) is 31.9 Å². The number of nitrogen functional groups attached to an aromatic ring is 1. The van der Waals surface area contributed by atoms with Crippen LogP contribution in [0, 0.1) is 13.8 Å². The molecule has 1 amide bonds. The van der Waals surface area contributed by atoms with Crippen molar-refractivity contribution < 1.29 is 13.2 Å². The van der Waals surface area contributed by atoms with Crippen molar-refractivity contribution in [2.45, 2.75) is 51.6 Å². The maximum atomic E-state index is 12.5. The van der Waals surface area contributed by atoms with Gasteiger partial charge in [-0.1, -0.05) is 6.07 Å². The number of carbonyl (C=O) groups excluding carboxylic acids is 1. The lowest BCUT2D eigenvalue weighted by Crippen LogP contribution is -2.46. The van der Waals surface area contributed by atoms with Crippen molar-refractivity contribution in [3.8, 4) is 0 Å². The topological polar surface area (TPSA) is 101 Å². The second kappa shape index (κ2) is 6.44. The summed E-state index contributed by atoms with van der Waals surface area (Å²) in [6.07, 6.45) is 0. The molecule has 0 heterocycles. The second-order valence-corrected chi connectivity index (χ2v) is 7.08. The van der Waals surface area contributed by atoms with Gasteiger partial charge in [0, 0.05) is 11.7 Å². The van der Waals surface area contributed by atoms with Crippen LogP contribution in [0.2, 0.25) is 0 Å². The number of anilines is 1. The van der Waals surface area contributed by atoms with Crippen molar-refractivity contribution in [3.05, 3.63) is 23.3 Å². The molecule has 6 nitrogen and oxygen atoms in total. The Morgan fingerprint density at radius 1 is 1.19 bits per heavy atom. The van der Waals surface area contributed by atoms with Gasteiger partial charge in [0.1, 0.15) is 0 Å². The average Bonchev–Trinajstić information content (AvgIpc) is 2.32. The third-order valence-corrected chi connectivity index (χ3v) is 4.90. The third-order valence-electron chi connectivity index (χ3n) is 3.07. The lowest BCUT2D eigenvalue weighted by molar-refractivity contribution is -0.122. The Hall–Kier alpha value is -1.60. The van der Waals surface area contributed by atoms with E-state index >= 15 is 0 Å². The first kappa shape index (κ1) is 17.5. The van der Waals surface area contributed by atoms with Crippen molar-refractivity contribution >= 4 is 21.6 Å². The molecule has 0 aliphatic carbocycles. The van der Waals surface area contributed by atoms with E-state index in [1.807, 2.05) is 13.8 Å². The molecule has 7 heteroatoms. The SMILES string of the molecule is Cc1ccc(N)c(C)c1S(=O)(=O)NC(C)C(=O)NC(C)C. The largest absolute Gasteiger partial charge is 0.398 e. The molecule has 1 atom stereocenters. The number of nitrogens with one attached hydrogen (secondary N) is 2. The van der Waals surface area contributed by atoms with Gasteiger partial charge in [-0.2, -0.15) is 4.72 Å². The molecule has 0 bridgehead atoms. The molecule has 0 aliphatic rings. The molecule has 0 spiro atoms. The zero-order chi connectivity index (χ0) is 16.4. The maximum absolute atomic E-state index is 12.5. The number of benzene rings is 1. The van der Waals surface area contributed by atoms with Crippen LogP contribution in [0.4, 0.5) is 5.69 Å². The van der Waals surface area contributed by atoms with Gasteiger partial charge in [0.25, 0.3) is 0 Å². The summed E-state index contributed by atoms with van der Waals surface area (Å²) in [5, 5.41) is 2.67. The van der Waals surface area contributed by atoms with Gasteiger partial charge in [-0.05, 0) is 51.8 Å². The number of nitrogens with two attached hydrogens (primary N) is 1. The highest BCUT2D eigenvalue weighted by Crippen LogP contribution is 2.24. The van der Waals surface area contributed by atoms with E-state index in [1.165, 1.54) is 6.92 Å². The summed E-state index contributed by atoms with van der Waals surface area (Å²) in [5.41, 5.74) is 7.25. The Kier molecular flexibility index (Phi) is 5.36. The van der Waals surface area contributed by atoms with Crippen LogP contribution in [0.15, 0.2) is 17.0 Å². The summed E-state index contributed by atoms with van der Waals surface area (Å²) >= 11 is 0. The monoisotopic (exact) mass is 313 g/mol. The molecule has 0 saturated heterocycles. The van der Waals surface area contributed by atoms with Crippen LogP contribution in [0.5, 0.6) is 0 Å². The van der Waals surface area contributed by atoms with E-state index in [-0.39, 0.29) is 16.8 Å². The Bertz CT molecular complexity index is 639. The first-order valence-electron chi connectivity index (χ1n) is 6.74. The summed E-state index contributed by atoms with van der Waals surface area (Å²) < 4.78 is 27.4. The summed E-state index contributed by atoms with van der Waals surface area (Å²) in [6, 6.07) is 2.40. The van der Waals surface area contributed by atoms with Crippen LogP contribution < -0.4 is 15.8 Å². The summed E-state index contributed by atoms with van der Waals surface area (Å²) in [7, 11) is -3.82. The normalized spacial score (nSPS) is 13.2. The number of rotatable bonds is 5. The first-order chi connectivity index (χ1) is 9.56. The van der Waals surface area contributed by atoms with Crippen LogP contribution in [-0.2, 0) is 14.8 Å². The predicted octanol–water partition coefficient (Wildman–Crippen LogP) is 1.08. The highest BCUT2D eigenvalue weighted by Gasteiger charge is 2.25. The van der Waals surface area contributed by atoms with Crippen molar-refractivity contribution in [2.24, 2.45) is 0 Å². The van der Waals surface area contributed by atoms with Gasteiger partial charge in [-0.25, -0.2) is 8.42 Å². The minimum Gasteiger partial charge on any atom is -0.398 e. The zero-order valence-corrected chi connectivity index (χ0v) is 13.8. The van der Waals surface area contributed by atoms with Gasteiger partial charge in [0.15, 0.2) is 0 Å². The molecular formula is C14H23N3O3S. The van der Waals surface area contributed by atoms with Gasteiger partial charge in [-0.3, -0.25) is 4.79 Å². The van der Waals surface area contributed by atoms with Gasteiger partial charge in [-0.15, -0.1) is 0 Å². The summed E-state index contributed by atoms with van der Waals surface area (Å²) in [4.78, 5) is 12.0. The second-order valence-electron chi connectivity index (χ2n) is 5.43. The summed E-state index contributed by atoms with van der Waals surface area (Å²) in [6.45, 7) is 8.47. The van der Waals surface area contributed by atoms with Crippen molar-refractivity contribution in [3.63, 3.8) is 0 Å². The molecular weight excluding hydrogens is 290 g/mol. The smallest absolute Gasteiger partial charge is 0.241 e. The number of amides is 1. The van der Waals surface area contributed by atoms with Gasteiger partial charge < -0.3 is 11.1 Å². The van der Waals surface area contributed by atoms with Crippen molar-refractivity contribution in [1.29, 1.82) is 0 Å². The highest BCUT2D eigenvalue weighted by atomic mass is 32.2. The van der Waals surface area contributed by atoms with Gasteiger partial charge in [0.2, 0.25) is 15.9 Å². The van der Waals surface area contributed by atoms with E-state index in [1.54, 1.807) is 26.0 Å². The lowest BCUT2D eigenvalue weighted by Gasteiger charge is -2.18. The minimum absolute atomic E-state index is 0.0553. The molecule has 1 unspecified atom stereocenters. The number of hydrogen-bond donors (Lipinski definition) is 3. The van der Waals surface area contributed by atoms with Crippen LogP contribution >= 0.6 is 0 Å². The number of aryl methyl sites for hydroxylation is 1. The molecule has 0 radical (unpaired) electrons. The van der Waals surface area contributed by atoms with Crippen molar-refractivity contribution in [1.82, 2.24) is 10.0 Å². The first-order valence-corrected chi connectivity index (χ1v) is 8.23. The van der Waals surface area contributed by atoms with Gasteiger partial charge >= 0.3 is 0 Å².